The Bertz CT molecular complexity index is 535. The van der Waals surface area contributed by atoms with Crippen LogP contribution in [0.4, 0.5) is 0 Å². The Morgan fingerprint density at radius 2 is 1.56 bits per heavy atom. The van der Waals surface area contributed by atoms with Crippen LogP contribution in [0, 0.1) is 0 Å². The Morgan fingerprint density at radius 1 is 0.944 bits per heavy atom. The van der Waals surface area contributed by atoms with Crippen molar-refractivity contribution in [2.24, 2.45) is 0 Å². The molecule has 0 amide bonds. The van der Waals surface area contributed by atoms with Gasteiger partial charge in [-0.2, -0.15) is 0 Å². The van der Waals surface area contributed by atoms with Crippen molar-refractivity contribution in [2.75, 3.05) is 0 Å². The second-order valence-corrected chi connectivity index (χ2v) is 4.99. The van der Waals surface area contributed by atoms with Crippen LogP contribution in [-0.4, -0.2) is 5.11 Å². The van der Waals surface area contributed by atoms with Crippen LogP contribution in [0.3, 0.4) is 0 Å². The first-order valence-electron chi connectivity index (χ1n) is 5.83. The molecule has 0 aliphatic heterocycles. The highest BCUT2D eigenvalue weighted by molar-refractivity contribution is 6.42. The smallest absolute Gasteiger partial charge is 0.104 e. The summed E-state index contributed by atoms with van der Waals surface area (Å²) in [5.74, 6) is 0. The zero-order valence-electron chi connectivity index (χ0n) is 10.0. The first kappa shape index (κ1) is 13.4. The third-order valence-corrected chi connectivity index (χ3v) is 3.70. The SMILES string of the molecule is CCc1ccc([C@@H](O)c2ccc(Cl)c(Cl)c2)cc1. The molecule has 0 aliphatic carbocycles. The second kappa shape index (κ2) is 5.75. The molecule has 0 fully saturated rings. The fraction of sp³-hybridized carbons (Fsp3) is 0.200. The molecule has 0 saturated heterocycles. The number of aryl methyl sites for hydroxylation is 1. The van der Waals surface area contributed by atoms with Gasteiger partial charge in [-0.25, -0.2) is 0 Å². The van der Waals surface area contributed by atoms with Crippen molar-refractivity contribution in [3.8, 4) is 0 Å². The Hall–Kier alpha value is -1.02. The van der Waals surface area contributed by atoms with E-state index in [1.54, 1.807) is 18.2 Å². The third-order valence-electron chi connectivity index (χ3n) is 2.96. The molecule has 0 radical (unpaired) electrons. The molecule has 2 aromatic rings. The number of hydrogen-bond acceptors (Lipinski definition) is 1. The van der Waals surface area contributed by atoms with Crippen molar-refractivity contribution < 1.29 is 5.11 Å². The number of halogens is 2. The van der Waals surface area contributed by atoms with Crippen LogP contribution in [0.5, 0.6) is 0 Å². The molecule has 0 aromatic heterocycles. The zero-order valence-corrected chi connectivity index (χ0v) is 11.5. The lowest BCUT2D eigenvalue weighted by molar-refractivity contribution is 0.220. The summed E-state index contributed by atoms with van der Waals surface area (Å²) in [6.45, 7) is 2.10. The van der Waals surface area contributed by atoms with Gasteiger partial charge in [-0.1, -0.05) is 60.5 Å². The van der Waals surface area contributed by atoms with E-state index in [2.05, 4.69) is 6.92 Å². The minimum absolute atomic E-state index is 0.457. The molecule has 2 aromatic carbocycles. The van der Waals surface area contributed by atoms with Crippen LogP contribution < -0.4 is 0 Å². The molecule has 1 N–H and O–H groups in total. The Balaban J connectivity index is 2.28. The molecule has 1 nitrogen and oxygen atoms in total. The van der Waals surface area contributed by atoms with Gasteiger partial charge in [0.1, 0.15) is 6.10 Å². The van der Waals surface area contributed by atoms with Crippen LogP contribution in [0.15, 0.2) is 42.5 Å². The van der Waals surface area contributed by atoms with Gasteiger partial charge in [-0.3, -0.25) is 0 Å². The van der Waals surface area contributed by atoms with E-state index in [1.165, 1.54) is 5.56 Å². The van der Waals surface area contributed by atoms with E-state index in [9.17, 15) is 5.11 Å². The van der Waals surface area contributed by atoms with E-state index in [1.807, 2.05) is 24.3 Å². The third kappa shape index (κ3) is 2.86. The van der Waals surface area contributed by atoms with E-state index in [-0.39, 0.29) is 0 Å². The molecule has 94 valence electrons. The van der Waals surface area contributed by atoms with Gasteiger partial charge in [0.2, 0.25) is 0 Å². The normalized spacial score (nSPS) is 12.4. The summed E-state index contributed by atoms with van der Waals surface area (Å²) in [6.07, 6.45) is 0.314. The number of benzene rings is 2. The molecule has 18 heavy (non-hydrogen) atoms. The number of hydrogen-bond donors (Lipinski definition) is 1. The molecular weight excluding hydrogens is 267 g/mol. The van der Waals surface area contributed by atoms with Crippen molar-refractivity contribution in [3.05, 3.63) is 69.2 Å². The van der Waals surface area contributed by atoms with Crippen LogP contribution in [0.1, 0.15) is 29.7 Å². The van der Waals surface area contributed by atoms with Crippen LogP contribution in [-0.2, 0) is 6.42 Å². The summed E-state index contributed by atoms with van der Waals surface area (Å²) < 4.78 is 0. The van der Waals surface area contributed by atoms with Gasteiger partial charge < -0.3 is 5.11 Å². The minimum Gasteiger partial charge on any atom is -0.384 e. The van der Waals surface area contributed by atoms with Crippen molar-refractivity contribution >= 4 is 23.2 Å². The summed E-state index contributed by atoms with van der Waals surface area (Å²) in [5, 5.41) is 11.2. The fourth-order valence-electron chi connectivity index (χ4n) is 1.81. The summed E-state index contributed by atoms with van der Waals surface area (Å²) >= 11 is 11.8. The van der Waals surface area contributed by atoms with Crippen LogP contribution in [0.2, 0.25) is 10.0 Å². The van der Waals surface area contributed by atoms with Crippen molar-refractivity contribution in [3.63, 3.8) is 0 Å². The van der Waals surface area contributed by atoms with Crippen molar-refractivity contribution in [1.82, 2.24) is 0 Å². The summed E-state index contributed by atoms with van der Waals surface area (Å²) in [7, 11) is 0. The van der Waals surface area contributed by atoms with E-state index in [0.717, 1.165) is 17.5 Å². The number of aliphatic hydroxyl groups is 1. The maximum Gasteiger partial charge on any atom is 0.104 e. The molecule has 3 heteroatoms. The van der Waals surface area contributed by atoms with Crippen molar-refractivity contribution in [1.29, 1.82) is 0 Å². The van der Waals surface area contributed by atoms with Crippen LogP contribution >= 0.6 is 23.2 Å². The molecule has 0 aliphatic rings. The first-order valence-corrected chi connectivity index (χ1v) is 6.59. The lowest BCUT2D eigenvalue weighted by atomic mass is 10.00. The molecular formula is C15H14Cl2O. The maximum absolute atomic E-state index is 10.3. The zero-order chi connectivity index (χ0) is 13.1. The lowest BCUT2D eigenvalue weighted by Crippen LogP contribution is -1.99. The Labute approximate surface area is 117 Å². The average molecular weight is 281 g/mol. The standard InChI is InChI=1S/C15H14Cl2O/c1-2-10-3-5-11(6-4-10)15(18)12-7-8-13(16)14(17)9-12/h3-9,15,18H,2H2,1H3/t15-/m1/s1. The minimum atomic E-state index is -0.675. The second-order valence-electron chi connectivity index (χ2n) is 4.17. The van der Waals surface area contributed by atoms with E-state index in [4.69, 9.17) is 23.2 Å². The lowest BCUT2D eigenvalue weighted by Gasteiger charge is -2.12. The largest absolute Gasteiger partial charge is 0.384 e. The number of rotatable bonds is 3. The van der Waals surface area contributed by atoms with Gasteiger partial charge in [0.05, 0.1) is 10.0 Å². The van der Waals surface area contributed by atoms with Gasteiger partial charge in [0.25, 0.3) is 0 Å². The van der Waals surface area contributed by atoms with Gasteiger partial charge >= 0.3 is 0 Å². The summed E-state index contributed by atoms with van der Waals surface area (Å²) in [5.41, 5.74) is 2.85. The van der Waals surface area contributed by atoms with E-state index in [0.29, 0.717) is 10.0 Å². The fourth-order valence-corrected chi connectivity index (χ4v) is 2.12. The summed E-state index contributed by atoms with van der Waals surface area (Å²) in [4.78, 5) is 0. The monoisotopic (exact) mass is 280 g/mol. The van der Waals surface area contributed by atoms with Gasteiger partial charge in [-0.05, 0) is 35.2 Å². The molecule has 0 bridgehead atoms. The van der Waals surface area contributed by atoms with Crippen molar-refractivity contribution in [2.45, 2.75) is 19.4 Å². The first-order chi connectivity index (χ1) is 8.61. The predicted molar refractivity (Wildman–Crippen MR) is 76.3 cm³/mol. The average Bonchev–Trinajstić information content (AvgIpc) is 2.41. The predicted octanol–water partition coefficient (Wildman–Crippen LogP) is 4.64. The molecule has 0 spiro atoms. The van der Waals surface area contributed by atoms with Gasteiger partial charge in [0.15, 0.2) is 0 Å². The number of aliphatic hydroxyl groups excluding tert-OH is 1. The quantitative estimate of drug-likeness (QED) is 0.869. The highest BCUT2D eigenvalue weighted by Gasteiger charge is 2.11. The summed E-state index contributed by atoms with van der Waals surface area (Å²) in [6, 6.07) is 13.1. The van der Waals surface area contributed by atoms with E-state index < -0.39 is 6.10 Å². The van der Waals surface area contributed by atoms with Gasteiger partial charge in [-0.15, -0.1) is 0 Å². The van der Waals surface area contributed by atoms with Crippen LogP contribution in [0.25, 0.3) is 0 Å². The highest BCUT2D eigenvalue weighted by atomic mass is 35.5. The molecule has 0 saturated carbocycles. The molecule has 0 unspecified atom stereocenters. The molecule has 2 rings (SSSR count). The maximum atomic E-state index is 10.3. The van der Waals surface area contributed by atoms with E-state index >= 15 is 0 Å². The Morgan fingerprint density at radius 3 is 2.11 bits per heavy atom. The van der Waals surface area contributed by atoms with Gasteiger partial charge in [0, 0.05) is 0 Å². The Kier molecular flexibility index (Phi) is 4.28. The highest BCUT2D eigenvalue weighted by Crippen LogP contribution is 2.28. The molecule has 1 atom stereocenters. The molecule has 0 heterocycles. The topological polar surface area (TPSA) is 20.2 Å².